The summed E-state index contributed by atoms with van der Waals surface area (Å²) in [4.78, 5) is 11.7. The van der Waals surface area contributed by atoms with Crippen molar-refractivity contribution in [1.29, 1.82) is 0 Å². The SMILES string of the molecule is O=C(NC[C@H]1NC[C@H](O)[C@H]1O)c1ccccc1. The highest BCUT2D eigenvalue weighted by Crippen LogP contribution is 2.07. The van der Waals surface area contributed by atoms with Crippen LogP contribution in [-0.2, 0) is 0 Å². The average molecular weight is 236 g/mol. The largest absolute Gasteiger partial charge is 0.389 e. The fourth-order valence-corrected chi connectivity index (χ4v) is 1.87. The van der Waals surface area contributed by atoms with Gasteiger partial charge in [0.2, 0.25) is 0 Å². The van der Waals surface area contributed by atoms with Crippen molar-refractivity contribution in [2.45, 2.75) is 18.2 Å². The molecule has 17 heavy (non-hydrogen) atoms. The molecule has 1 aliphatic rings. The highest BCUT2D eigenvalue weighted by Gasteiger charge is 2.32. The lowest BCUT2D eigenvalue weighted by Gasteiger charge is -2.16. The summed E-state index contributed by atoms with van der Waals surface area (Å²) in [5.41, 5.74) is 0.584. The van der Waals surface area contributed by atoms with Crippen molar-refractivity contribution in [2.75, 3.05) is 13.1 Å². The van der Waals surface area contributed by atoms with Crippen LogP contribution in [0.1, 0.15) is 10.4 Å². The summed E-state index contributed by atoms with van der Waals surface area (Å²) in [7, 11) is 0. The van der Waals surface area contributed by atoms with E-state index >= 15 is 0 Å². The van der Waals surface area contributed by atoms with Crippen LogP contribution in [0.4, 0.5) is 0 Å². The van der Waals surface area contributed by atoms with Gasteiger partial charge in [0.1, 0.15) is 0 Å². The Morgan fingerprint density at radius 3 is 2.65 bits per heavy atom. The minimum absolute atomic E-state index is 0.180. The summed E-state index contributed by atoms with van der Waals surface area (Å²) in [6.45, 7) is 0.652. The summed E-state index contributed by atoms with van der Waals surface area (Å²) < 4.78 is 0. The topological polar surface area (TPSA) is 81.6 Å². The maximum Gasteiger partial charge on any atom is 0.251 e. The van der Waals surface area contributed by atoms with E-state index in [1.807, 2.05) is 6.07 Å². The Bertz CT molecular complexity index is 383. The molecular weight excluding hydrogens is 220 g/mol. The van der Waals surface area contributed by atoms with E-state index in [1.165, 1.54) is 0 Å². The Morgan fingerprint density at radius 1 is 1.35 bits per heavy atom. The average Bonchev–Trinajstić information content (AvgIpc) is 2.68. The van der Waals surface area contributed by atoms with E-state index in [9.17, 15) is 15.0 Å². The first-order valence-electron chi connectivity index (χ1n) is 5.61. The van der Waals surface area contributed by atoms with E-state index in [4.69, 9.17) is 0 Å². The quantitative estimate of drug-likeness (QED) is 0.549. The highest BCUT2D eigenvalue weighted by atomic mass is 16.3. The molecule has 1 saturated heterocycles. The number of carbonyl (C=O) groups excluding carboxylic acids is 1. The molecule has 2 rings (SSSR count). The van der Waals surface area contributed by atoms with Crippen molar-refractivity contribution in [2.24, 2.45) is 0 Å². The van der Waals surface area contributed by atoms with Gasteiger partial charge in [-0.25, -0.2) is 0 Å². The zero-order valence-corrected chi connectivity index (χ0v) is 9.34. The van der Waals surface area contributed by atoms with E-state index < -0.39 is 12.2 Å². The maximum absolute atomic E-state index is 11.7. The van der Waals surface area contributed by atoms with Gasteiger partial charge in [-0.1, -0.05) is 18.2 Å². The van der Waals surface area contributed by atoms with Gasteiger partial charge in [0, 0.05) is 18.7 Å². The lowest BCUT2D eigenvalue weighted by molar-refractivity contribution is 0.0404. The third-order valence-electron chi connectivity index (χ3n) is 2.91. The van der Waals surface area contributed by atoms with Gasteiger partial charge in [0.15, 0.2) is 0 Å². The lowest BCUT2D eigenvalue weighted by atomic mass is 10.1. The number of aliphatic hydroxyl groups is 2. The number of β-amino-alcohol motifs (C(OH)–C–C–N with tert-alkyl or cyclic N) is 1. The van der Waals surface area contributed by atoms with Gasteiger partial charge in [0.05, 0.1) is 18.2 Å². The minimum atomic E-state index is -0.828. The molecule has 1 heterocycles. The second-order valence-electron chi connectivity index (χ2n) is 4.15. The van der Waals surface area contributed by atoms with Gasteiger partial charge >= 0.3 is 0 Å². The predicted molar refractivity (Wildman–Crippen MR) is 62.6 cm³/mol. The summed E-state index contributed by atoms with van der Waals surface area (Å²) >= 11 is 0. The highest BCUT2D eigenvalue weighted by molar-refractivity contribution is 5.94. The molecule has 0 radical (unpaired) electrons. The van der Waals surface area contributed by atoms with Crippen molar-refractivity contribution >= 4 is 5.91 Å². The Morgan fingerprint density at radius 2 is 2.06 bits per heavy atom. The van der Waals surface area contributed by atoms with Crippen LogP contribution in [0.5, 0.6) is 0 Å². The molecule has 1 aromatic carbocycles. The molecule has 0 bridgehead atoms. The Kier molecular flexibility index (Phi) is 3.73. The van der Waals surface area contributed by atoms with Gasteiger partial charge in [-0.15, -0.1) is 0 Å². The first-order valence-corrected chi connectivity index (χ1v) is 5.61. The summed E-state index contributed by atoms with van der Waals surface area (Å²) in [6.07, 6.45) is -1.58. The standard InChI is InChI=1S/C12H16N2O3/c15-10-7-13-9(11(10)16)6-14-12(17)8-4-2-1-3-5-8/h1-5,9-11,13,15-16H,6-7H2,(H,14,17)/t9-,10+,11+/m1/s1. The Labute approximate surface area is 99.5 Å². The molecule has 3 atom stereocenters. The number of nitrogens with one attached hydrogen (secondary N) is 2. The molecule has 0 saturated carbocycles. The van der Waals surface area contributed by atoms with Crippen molar-refractivity contribution in [3.05, 3.63) is 35.9 Å². The second kappa shape index (κ2) is 5.27. The van der Waals surface area contributed by atoms with Gasteiger partial charge in [0.25, 0.3) is 5.91 Å². The van der Waals surface area contributed by atoms with Crippen LogP contribution in [0.15, 0.2) is 30.3 Å². The zero-order valence-electron chi connectivity index (χ0n) is 9.34. The molecule has 0 spiro atoms. The molecule has 4 N–H and O–H groups in total. The number of benzene rings is 1. The zero-order chi connectivity index (χ0) is 12.3. The predicted octanol–water partition coefficient (Wildman–Crippen LogP) is -0.890. The van der Waals surface area contributed by atoms with Crippen molar-refractivity contribution < 1.29 is 15.0 Å². The third kappa shape index (κ3) is 2.82. The molecular formula is C12H16N2O3. The summed E-state index contributed by atoms with van der Waals surface area (Å²) in [5.74, 6) is -0.180. The lowest BCUT2D eigenvalue weighted by Crippen LogP contribution is -2.43. The number of aliphatic hydroxyl groups excluding tert-OH is 2. The monoisotopic (exact) mass is 236 g/mol. The molecule has 1 aromatic rings. The van der Waals surface area contributed by atoms with Crippen LogP contribution in [0.2, 0.25) is 0 Å². The molecule has 1 amide bonds. The van der Waals surface area contributed by atoms with Crippen LogP contribution >= 0.6 is 0 Å². The number of amides is 1. The molecule has 92 valence electrons. The minimum Gasteiger partial charge on any atom is -0.389 e. The van der Waals surface area contributed by atoms with Crippen molar-refractivity contribution in [3.63, 3.8) is 0 Å². The van der Waals surface area contributed by atoms with Gasteiger partial charge < -0.3 is 20.8 Å². The van der Waals surface area contributed by atoms with Crippen molar-refractivity contribution in [3.8, 4) is 0 Å². The van der Waals surface area contributed by atoms with Crippen LogP contribution in [0.3, 0.4) is 0 Å². The van der Waals surface area contributed by atoms with Crippen LogP contribution in [0.25, 0.3) is 0 Å². The molecule has 5 nitrogen and oxygen atoms in total. The molecule has 0 aromatic heterocycles. The smallest absolute Gasteiger partial charge is 0.251 e. The number of hydrogen-bond donors (Lipinski definition) is 4. The normalized spacial score (nSPS) is 28.0. The summed E-state index contributed by atoms with van der Waals surface area (Å²) in [5, 5.41) is 24.6. The molecule has 1 aliphatic heterocycles. The van der Waals surface area contributed by atoms with Crippen LogP contribution in [-0.4, -0.2) is 47.5 Å². The van der Waals surface area contributed by atoms with E-state index in [0.717, 1.165) is 0 Å². The van der Waals surface area contributed by atoms with E-state index in [1.54, 1.807) is 24.3 Å². The number of carbonyl (C=O) groups is 1. The fraction of sp³-hybridized carbons (Fsp3) is 0.417. The summed E-state index contributed by atoms with van der Waals surface area (Å²) in [6, 6.07) is 8.58. The Balaban J connectivity index is 1.85. The van der Waals surface area contributed by atoms with Gasteiger partial charge in [-0.2, -0.15) is 0 Å². The molecule has 1 fully saturated rings. The number of rotatable bonds is 3. The van der Waals surface area contributed by atoms with Gasteiger partial charge in [-0.3, -0.25) is 4.79 Å². The first kappa shape index (κ1) is 12.0. The Hall–Kier alpha value is -1.43. The molecule has 5 heteroatoms. The van der Waals surface area contributed by atoms with Crippen molar-refractivity contribution in [1.82, 2.24) is 10.6 Å². The van der Waals surface area contributed by atoms with Gasteiger partial charge in [-0.05, 0) is 12.1 Å². The second-order valence-corrected chi connectivity index (χ2v) is 4.15. The fourth-order valence-electron chi connectivity index (χ4n) is 1.87. The molecule has 0 unspecified atom stereocenters. The maximum atomic E-state index is 11.7. The van der Waals surface area contributed by atoms with E-state index in [0.29, 0.717) is 18.7 Å². The number of hydrogen-bond acceptors (Lipinski definition) is 4. The van der Waals surface area contributed by atoms with E-state index in [2.05, 4.69) is 10.6 Å². The first-order chi connectivity index (χ1) is 8.18. The van der Waals surface area contributed by atoms with Crippen LogP contribution < -0.4 is 10.6 Å². The van der Waals surface area contributed by atoms with Crippen LogP contribution in [0, 0.1) is 0 Å². The third-order valence-corrected chi connectivity index (χ3v) is 2.91. The molecule has 0 aliphatic carbocycles. The van der Waals surface area contributed by atoms with E-state index in [-0.39, 0.29) is 11.9 Å².